The van der Waals surface area contributed by atoms with Crippen molar-refractivity contribution in [3.8, 4) is 34.1 Å². The Labute approximate surface area is 217 Å². The van der Waals surface area contributed by atoms with Crippen LogP contribution in [0.3, 0.4) is 0 Å². The molecule has 0 bridgehead atoms. The van der Waals surface area contributed by atoms with E-state index < -0.39 is 23.3 Å². The number of ether oxygens (including phenoxy) is 2. The summed E-state index contributed by atoms with van der Waals surface area (Å²) in [6.07, 6.45) is -3.86. The highest BCUT2D eigenvalue weighted by molar-refractivity contribution is 5.76. The molecule has 38 heavy (non-hydrogen) atoms. The van der Waals surface area contributed by atoms with E-state index in [9.17, 15) is 23.1 Å². The molecule has 0 saturated carbocycles. The first-order valence-electron chi connectivity index (χ1n) is 11.8. The summed E-state index contributed by atoms with van der Waals surface area (Å²) in [5.74, 6) is 1.07. The molecular weight excluding hydrogens is 499 g/mol. The molecule has 0 spiro atoms. The topological polar surface area (TPSA) is 81.8 Å². The molecule has 0 aliphatic carbocycles. The van der Waals surface area contributed by atoms with E-state index in [0.29, 0.717) is 41.7 Å². The number of carbonyl (C=O) groups is 1. The van der Waals surface area contributed by atoms with E-state index in [2.05, 4.69) is 4.98 Å². The molecule has 9 heteroatoms. The number of aromatic nitrogens is 1. The van der Waals surface area contributed by atoms with Crippen LogP contribution in [0.1, 0.15) is 30.9 Å². The minimum atomic E-state index is -4.37. The maximum Gasteiger partial charge on any atom is 0.416 e. The molecule has 4 aromatic rings. The Morgan fingerprint density at radius 2 is 1.39 bits per heavy atom. The number of hydrogen-bond acceptors (Lipinski definition) is 5. The molecule has 198 valence electrons. The van der Waals surface area contributed by atoms with Gasteiger partial charge in [-0.05, 0) is 80.4 Å². The monoisotopic (exact) mass is 525 g/mol. The smallest absolute Gasteiger partial charge is 0.416 e. The molecule has 0 amide bonds. The van der Waals surface area contributed by atoms with Gasteiger partial charge in [0.05, 0.1) is 17.9 Å². The minimum absolute atomic E-state index is 0.348. The van der Waals surface area contributed by atoms with Crippen LogP contribution >= 0.6 is 0 Å². The fourth-order valence-corrected chi connectivity index (χ4v) is 3.65. The van der Waals surface area contributed by atoms with Crippen molar-refractivity contribution in [3.63, 3.8) is 0 Å². The van der Waals surface area contributed by atoms with Crippen molar-refractivity contribution >= 4 is 5.97 Å². The van der Waals surface area contributed by atoms with E-state index in [1.165, 1.54) is 26.0 Å². The van der Waals surface area contributed by atoms with Crippen LogP contribution < -0.4 is 9.47 Å². The van der Waals surface area contributed by atoms with Crippen molar-refractivity contribution in [1.29, 1.82) is 0 Å². The average Bonchev–Trinajstić information content (AvgIpc) is 3.25. The standard InChI is InChI=1S/C29H26F3NO5/c1-18-25(16-17-36-23-12-14-24(15-13-23)38-28(2,3)27(34)35)33-26(37-18)21-6-4-19(5-7-21)20-8-10-22(11-9-20)29(30,31)32/h4-15H,16-17H2,1-3H3,(H,34,35). The van der Waals surface area contributed by atoms with E-state index in [0.717, 1.165) is 29.0 Å². The SMILES string of the molecule is Cc1oc(-c2ccc(-c3ccc(C(F)(F)F)cc3)cc2)nc1CCOc1ccc(OC(C)(C)C(=O)O)cc1. The number of aliphatic carboxylic acids is 1. The summed E-state index contributed by atoms with van der Waals surface area (Å²) >= 11 is 0. The molecule has 0 fully saturated rings. The molecule has 0 aliphatic heterocycles. The number of oxazole rings is 1. The van der Waals surface area contributed by atoms with Crippen molar-refractivity contribution in [3.05, 3.63) is 89.8 Å². The summed E-state index contributed by atoms with van der Waals surface area (Å²) in [6, 6.07) is 19.0. The van der Waals surface area contributed by atoms with Crippen LogP contribution in [0.2, 0.25) is 0 Å². The number of alkyl halides is 3. The highest BCUT2D eigenvalue weighted by atomic mass is 19.4. The normalized spacial score (nSPS) is 11.8. The highest BCUT2D eigenvalue weighted by Gasteiger charge is 2.30. The maximum absolute atomic E-state index is 12.8. The van der Waals surface area contributed by atoms with Gasteiger partial charge in [-0.25, -0.2) is 9.78 Å². The van der Waals surface area contributed by atoms with Gasteiger partial charge >= 0.3 is 12.1 Å². The Morgan fingerprint density at radius 3 is 1.95 bits per heavy atom. The number of hydrogen-bond donors (Lipinski definition) is 1. The fourth-order valence-electron chi connectivity index (χ4n) is 3.65. The minimum Gasteiger partial charge on any atom is -0.493 e. The molecule has 0 aliphatic rings. The Bertz CT molecular complexity index is 1390. The van der Waals surface area contributed by atoms with E-state index in [4.69, 9.17) is 13.9 Å². The number of halogens is 3. The van der Waals surface area contributed by atoms with Gasteiger partial charge < -0.3 is 19.0 Å². The van der Waals surface area contributed by atoms with Crippen LogP contribution in [0.15, 0.2) is 77.2 Å². The van der Waals surface area contributed by atoms with Gasteiger partial charge in [-0.2, -0.15) is 13.2 Å². The summed E-state index contributed by atoms with van der Waals surface area (Å²) in [6.45, 7) is 5.11. The number of rotatable bonds is 9. The van der Waals surface area contributed by atoms with Gasteiger partial charge in [-0.1, -0.05) is 24.3 Å². The van der Waals surface area contributed by atoms with Gasteiger partial charge in [0.25, 0.3) is 0 Å². The van der Waals surface area contributed by atoms with Gasteiger partial charge in [0.15, 0.2) is 5.60 Å². The van der Waals surface area contributed by atoms with Gasteiger partial charge in [-0.3, -0.25) is 0 Å². The lowest BCUT2D eigenvalue weighted by atomic mass is 10.0. The Morgan fingerprint density at radius 1 is 0.868 bits per heavy atom. The van der Waals surface area contributed by atoms with Gasteiger partial charge in [0.1, 0.15) is 17.3 Å². The largest absolute Gasteiger partial charge is 0.493 e. The zero-order valence-corrected chi connectivity index (χ0v) is 21.0. The lowest BCUT2D eigenvalue weighted by Gasteiger charge is -2.21. The molecule has 3 aromatic carbocycles. The molecule has 6 nitrogen and oxygen atoms in total. The molecule has 1 heterocycles. The second-order valence-corrected chi connectivity index (χ2v) is 9.16. The fraction of sp³-hybridized carbons (Fsp3) is 0.241. The number of carboxylic acids is 1. The van der Waals surface area contributed by atoms with Gasteiger partial charge in [0.2, 0.25) is 5.89 Å². The summed E-state index contributed by atoms with van der Waals surface area (Å²) in [4.78, 5) is 15.8. The second-order valence-electron chi connectivity index (χ2n) is 9.16. The summed E-state index contributed by atoms with van der Waals surface area (Å²) in [5.41, 5.74) is 0.923. The number of benzene rings is 3. The number of carboxylic acid groups (broad SMARTS) is 1. The molecule has 0 saturated heterocycles. The van der Waals surface area contributed by atoms with E-state index in [1.807, 2.05) is 31.2 Å². The van der Waals surface area contributed by atoms with Crippen LogP contribution in [0, 0.1) is 6.92 Å². The van der Waals surface area contributed by atoms with Crippen LogP contribution in [0.5, 0.6) is 11.5 Å². The quantitative estimate of drug-likeness (QED) is 0.249. The van der Waals surface area contributed by atoms with Crippen LogP contribution in [-0.2, 0) is 17.4 Å². The van der Waals surface area contributed by atoms with Crippen LogP contribution in [-0.4, -0.2) is 28.3 Å². The molecule has 1 N–H and O–H groups in total. The lowest BCUT2D eigenvalue weighted by Crippen LogP contribution is -2.37. The molecule has 0 radical (unpaired) electrons. The first-order chi connectivity index (χ1) is 17.9. The van der Waals surface area contributed by atoms with E-state index in [1.54, 1.807) is 24.3 Å². The number of nitrogens with zero attached hydrogens (tertiary/aromatic N) is 1. The van der Waals surface area contributed by atoms with Crippen molar-refractivity contribution in [2.24, 2.45) is 0 Å². The summed E-state index contributed by atoms with van der Waals surface area (Å²) in [5, 5.41) is 9.17. The Hall–Kier alpha value is -4.27. The zero-order valence-electron chi connectivity index (χ0n) is 21.0. The third-order valence-electron chi connectivity index (χ3n) is 5.89. The van der Waals surface area contributed by atoms with Crippen molar-refractivity contribution in [2.75, 3.05) is 6.61 Å². The summed E-state index contributed by atoms with van der Waals surface area (Å²) < 4.78 is 55.5. The predicted octanol–water partition coefficient (Wildman–Crippen LogP) is 7.20. The van der Waals surface area contributed by atoms with E-state index >= 15 is 0 Å². The number of aryl methyl sites for hydroxylation is 1. The average molecular weight is 526 g/mol. The predicted molar refractivity (Wildman–Crippen MR) is 135 cm³/mol. The lowest BCUT2D eigenvalue weighted by molar-refractivity contribution is -0.152. The zero-order chi connectivity index (χ0) is 27.5. The van der Waals surface area contributed by atoms with Gasteiger partial charge in [0, 0.05) is 12.0 Å². The molecule has 0 unspecified atom stereocenters. The maximum atomic E-state index is 12.8. The highest BCUT2D eigenvalue weighted by Crippen LogP contribution is 2.32. The van der Waals surface area contributed by atoms with E-state index in [-0.39, 0.29) is 0 Å². The summed E-state index contributed by atoms with van der Waals surface area (Å²) in [7, 11) is 0. The molecule has 4 rings (SSSR count). The Balaban J connectivity index is 1.35. The molecule has 1 aromatic heterocycles. The molecular formula is C29H26F3NO5. The van der Waals surface area contributed by atoms with Crippen LogP contribution in [0.4, 0.5) is 13.2 Å². The van der Waals surface area contributed by atoms with Crippen molar-refractivity contribution in [2.45, 2.75) is 39.0 Å². The van der Waals surface area contributed by atoms with Crippen molar-refractivity contribution < 1.29 is 37.0 Å². The van der Waals surface area contributed by atoms with Crippen LogP contribution in [0.25, 0.3) is 22.6 Å². The van der Waals surface area contributed by atoms with Crippen molar-refractivity contribution in [1.82, 2.24) is 4.98 Å². The first kappa shape index (κ1) is 26.8. The first-order valence-corrected chi connectivity index (χ1v) is 11.8. The third kappa shape index (κ3) is 6.34. The second kappa shape index (κ2) is 10.6. The molecule has 0 atom stereocenters. The van der Waals surface area contributed by atoms with Gasteiger partial charge in [-0.15, -0.1) is 0 Å². The Kier molecular flexibility index (Phi) is 7.48. The third-order valence-corrected chi connectivity index (χ3v) is 5.89.